The van der Waals surface area contributed by atoms with E-state index in [0.29, 0.717) is 22.0 Å². The summed E-state index contributed by atoms with van der Waals surface area (Å²) in [6, 6.07) is 12.6. The first-order chi connectivity index (χ1) is 17.3. The van der Waals surface area contributed by atoms with Crippen LogP contribution in [0.3, 0.4) is 0 Å². The first-order valence-electron chi connectivity index (χ1n) is 11.1. The van der Waals surface area contributed by atoms with Gasteiger partial charge in [-0.05, 0) is 49.1 Å². The van der Waals surface area contributed by atoms with Gasteiger partial charge in [-0.1, -0.05) is 18.2 Å². The van der Waals surface area contributed by atoms with Crippen molar-refractivity contribution in [3.63, 3.8) is 0 Å². The van der Waals surface area contributed by atoms with Crippen LogP contribution in [-0.4, -0.2) is 48.2 Å². The normalized spacial score (nSPS) is 12.5. The Labute approximate surface area is 213 Å². The van der Waals surface area contributed by atoms with Gasteiger partial charge in [0.1, 0.15) is 11.5 Å². The lowest BCUT2D eigenvalue weighted by molar-refractivity contribution is -0.114. The van der Waals surface area contributed by atoms with Gasteiger partial charge in [0.2, 0.25) is 5.91 Å². The highest BCUT2D eigenvalue weighted by Crippen LogP contribution is 2.39. The molecule has 0 aliphatic heterocycles. The van der Waals surface area contributed by atoms with E-state index in [9.17, 15) is 18.0 Å². The Morgan fingerprint density at radius 2 is 1.72 bits per heavy atom. The third kappa shape index (κ3) is 4.89. The van der Waals surface area contributed by atoms with E-state index >= 15 is 0 Å². The molecule has 1 aliphatic carbocycles. The number of carbonyl (C=O) groups is 2. The summed E-state index contributed by atoms with van der Waals surface area (Å²) in [6.07, 6.45) is 2.49. The molecule has 0 atom stereocenters. The van der Waals surface area contributed by atoms with Crippen LogP contribution in [0.15, 0.2) is 53.4 Å². The van der Waals surface area contributed by atoms with Crippen LogP contribution in [0.25, 0.3) is 0 Å². The van der Waals surface area contributed by atoms with E-state index in [2.05, 4.69) is 5.32 Å². The summed E-state index contributed by atoms with van der Waals surface area (Å²) < 4.78 is 43.8. The molecular weight excluding hydrogens is 504 g/mol. The molecule has 0 spiro atoms. The van der Waals surface area contributed by atoms with Gasteiger partial charge in [0.05, 0.1) is 37.5 Å². The lowest BCUT2D eigenvalue weighted by atomic mass is 10.1. The number of rotatable bonds is 9. The minimum atomic E-state index is -4.18. The molecule has 0 saturated carbocycles. The molecule has 11 heteroatoms. The van der Waals surface area contributed by atoms with Crippen molar-refractivity contribution >= 4 is 43.9 Å². The van der Waals surface area contributed by atoms with Crippen LogP contribution in [0.5, 0.6) is 11.5 Å². The van der Waals surface area contributed by atoms with Crippen LogP contribution in [0.1, 0.15) is 27.2 Å². The zero-order chi connectivity index (χ0) is 25.9. The summed E-state index contributed by atoms with van der Waals surface area (Å²) in [6.45, 7) is -0.510. The Kier molecular flexibility index (Phi) is 7.51. The number of methoxy groups -OCH3 is 3. The molecule has 3 aromatic rings. The van der Waals surface area contributed by atoms with Crippen molar-refractivity contribution in [1.82, 2.24) is 0 Å². The number of nitrogens with zero attached hydrogens (tertiary/aromatic N) is 1. The Bertz CT molecular complexity index is 1380. The van der Waals surface area contributed by atoms with Crippen LogP contribution in [0.2, 0.25) is 0 Å². The summed E-state index contributed by atoms with van der Waals surface area (Å²) in [5.41, 5.74) is 1.54. The third-order valence-electron chi connectivity index (χ3n) is 5.84. The Balaban J connectivity index is 1.67. The molecule has 2 aromatic carbocycles. The van der Waals surface area contributed by atoms with E-state index in [1.54, 1.807) is 30.3 Å². The lowest BCUT2D eigenvalue weighted by Crippen LogP contribution is -2.38. The average Bonchev–Trinajstić information content (AvgIpc) is 3.47. The monoisotopic (exact) mass is 530 g/mol. The number of thiophene rings is 1. The fourth-order valence-corrected chi connectivity index (χ4v) is 6.85. The smallest absolute Gasteiger partial charge is 0.341 e. The van der Waals surface area contributed by atoms with Crippen molar-refractivity contribution in [2.24, 2.45) is 0 Å². The van der Waals surface area contributed by atoms with Gasteiger partial charge in [-0.3, -0.25) is 9.10 Å². The van der Waals surface area contributed by atoms with Crippen molar-refractivity contribution in [3.8, 4) is 11.5 Å². The summed E-state index contributed by atoms with van der Waals surface area (Å²) in [4.78, 5) is 26.6. The van der Waals surface area contributed by atoms with Crippen LogP contribution >= 0.6 is 11.3 Å². The molecule has 0 bridgehead atoms. The maximum absolute atomic E-state index is 13.7. The highest BCUT2D eigenvalue weighted by molar-refractivity contribution is 7.92. The maximum Gasteiger partial charge on any atom is 0.341 e. The molecule has 1 heterocycles. The summed E-state index contributed by atoms with van der Waals surface area (Å²) in [5.74, 6) is -0.496. The predicted octanol–water partition coefficient (Wildman–Crippen LogP) is 3.87. The number of aryl methyl sites for hydroxylation is 1. The van der Waals surface area contributed by atoms with Crippen LogP contribution in [-0.2, 0) is 32.4 Å². The second kappa shape index (κ2) is 10.6. The predicted molar refractivity (Wildman–Crippen MR) is 137 cm³/mol. The van der Waals surface area contributed by atoms with Crippen molar-refractivity contribution in [3.05, 3.63) is 64.5 Å². The molecule has 9 nitrogen and oxygen atoms in total. The Morgan fingerprint density at radius 1 is 1.00 bits per heavy atom. The van der Waals surface area contributed by atoms with E-state index in [1.165, 1.54) is 50.9 Å². The molecule has 0 radical (unpaired) electrons. The molecule has 0 unspecified atom stereocenters. The van der Waals surface area contributed by atoms with Crippen LogP contribution < -0.4 is 19.1 Å². The molecule has 1 aromatic heterocycles. The maximum atomic E-state index is 13.7. The largest absolute Gasteiger partial charge is 0.493 e. The quantitative estimate of drug-likeness (QED) is 0.418. The average molecular weight is 531 g/mol. The van der Waals surface area contributed by atoms with Crippen molar-refractivity contribution in [2.45, 2.75) is 24.2 Å². The summed E-state index contributed by atoms with van der Waals surface area (Å²) in [5, 5.41) is 3.12. The van der Waals surface area contributed by atoms with Gasteiger partial charge in [0, 0.05) is 10.9 Å². The molecule has 190 valence electrons. The number of nitrogens with one attached hydrogen (secondary N) is 1. The molecule has 0 saturated heterocycles. The molecule has 1 amide bonds. The van der Waals surface area contributed by atoms with Gasteiger partial charge in [-0.25, -0.2) is 13.2 Å². The number of sulfonamides is 1. The molecule has 1 N–H and O–H groups in total. The van der Waals surface area contributed by atoms with E-state index in [1.807, 2.05) is 0 Å². The first-order valence-corrected chi connectivity index (χ1v) is 13.4. The number of hydrogen-bond acceptors (Lipinski definition) is 8. The highest BCUT2D eigenvalue weighted by Gasteiger charge is 2.31. The SMILES string of the molecule is COC(=O)c1c(NC(=O)CN(c2ccccc2)S(=O)(=O)c2ccc(OC)c(OC)c2)sc2c1CCC2. The van der Waals surface area contributed by atoms with Crippen molar-refractivity contribution < 1.29 is 32.2 Å². The third-order valence-corrected chi connectivity index (χ3v) is 8.82. The second-order valence-electron chi connectivity index (χ2n) is 7.97. The van der Waals surface area contributed by atoms with Gasteiger partial charge in [-0.2, -0.15) is 0 Å². The molecular formula is C25H26N2O7S2. The van der Waals surface area contributed by atoms with Gasteiger partial charge in [-0.15, -0.1) is 11.3 Å². The number of para-hydroxylation sites is 1. The highest BCUT2D eigenvalue weighted by atomic mass is 32.2. The number of ether oxygens (including phenoxy) is 3. The van der Waals surface area contributed by atoms with E-state index in [4.69, 9.17) is 14.2 Å². The first kappa shape index (κ1) is 25.5. The number of anilines is 2. The second-order valence-corrected chi connectivity index (χ2v) is 10.9. The topological polar surface area (TPSA) is 111 Å². The molecule has 4 rings (SSSR count). The molecule has 0 fully saturated rings. The molecule has 36 heavy (non-hydrogen) atoms. The fraction of sp³-hybridized carbons (Fsp3) is 0.280. The van der Waals surface area contributed by atoms with E-state index in [-0.39, 0.29) is 10.6 Å². The number of esters is 1. The van der Waals surface area contributed by atoms with Gasteiger partial charge in [0.15, 0.2) is 11.5 Å². The minimum absolute atomic E-state index is 0.0675. The van der Waals surface area contributed by atoms with Crippen LogP contribution in [0.4, 0.5) is 10.7 Å². The van der Waals surface area contributed by atoms with Gasteiger partial charge < -0.3 is 19.5 Å². The summed E-state index contributed by atoms with van der Waals surface area (Å²) in [7, 11) is -0.0217. The number of benzene rings is 2. The zero-order valence-electron chi connectivity index (χ0n) is 20.1. The van der Waals surface area contributed by atoms with Crippen molar-refractivity contribution in [2.75, 3.05) is 37.5 Å². The minimum Gasteiger partial charge on any atom is -0.493 e. The number of fused-ring (bicyclic) bond motifs is 1. The summed E-state index contributed by atoms with van der Waals surface area (Å²) >= 11 is 1.33. The number of amides is 1. The molecule has 1 aliphatic rings. The van der Waals surface area contributed by atoms with Gasteiger partial charge in [0.25, 0.3) is 10.0 Å². The number of hydrogen-bond donors (Lipinski definition) is 1. The Morgan fingerprint density at radius 3 is 2.39 bits per heavy atom. The van der Waals surface area contributed by atoms with Crippen molar-refractivity contribution in [1.29, 1.82) is 0 Å². The standard InChI is InChI=1S/C25H26N2O7S2/c1-32-19-13-12-17(14-20(19)33-2)36(30,31)27(16-8-5-4-6-9-16)15-22(28)26-24-23(25(29)34-3)18-10-7-11-21(18)35-24/h4-6,8-9,12-14H,7,10-11,15H2,1-3H3,(H,26,28). The van der Waals surface area contributed by atoms with Crippen LogP contribution in [0, 0.1) is 0 Å². The lowest BCUT2D eigenvalue weighted by Gasteiger charge is -2.24. The fourth-order valence-electron chi connectivity index (χ4n) is 4.12. The van der Waals surface area contributed by atoms with Gasteiger partial charge >= 0.3 is 5.97 Å². The van der Waals surface area contributed by atoms with E-state index < -0.39 is 28.4 Å². The zero-order valence-corrected chi connectivity index (χ0v) is 21.7. The Hall–Kier alpha value is -3.57. The van der Waals surface area contributed by atoms with E-state index in [0.717, 1.165) is 34.0 Å². The number of carbonyl (C=O) groups excluding carboxylic acids is 2.